The summed E-state index contributed by atoms with van der Waals surface area (Å²) in [6.07, 6.45) is 1.57. The minimum atomic E-state index is -0.588. The van der Waals surface area contributed by atoms with Crippen molar-refractivity contribution in [3.05, 3.63) is 160 Å². The molecule has 5 aromatic rings. The number of hydrogen-bond donors (Lipinski definition) is 3. The molecule has 5 aromatic carbocycles. The second-order valence-corrected chi connectivity index (χ2v) is 12.1. The van der Waals surface area contributed by atoms with Crippen LogP contribution in [0.5, 0.6) is 5.75 Å². The third-order valence-corrected chi connectivity index (χ3v) is 8.87. The van der Waals surface area contributed by atoms with Gasteiger partial charge in [0.2, 0.25) is 5.91 Å². The first kappa shape index (κ1) is 33.3. The molecule has 0 saturated heterocycles. The van der Waals surface area contributed by atoms with E-state index < -0.39 is 17.1 Å². The van der Waals surface area contributed by atoms with E-state index in [2.05, 4.69) is 16.0 Å². The number of carbonyl (C=O) groups excluding carboxylic acids is 3. The number of rotatable bonds is 11. The number of anilines is 2. The van der Waals surface area contributed by atoms with Crippen LogP contribution in [-0.2, 0) is 9.59 Å². The number of halogens is 2. The molecule has 0 aliphatic rings. The summed E-state index contributed by atoms with van der Waals surface area (Å²) in [6, 6.07) is 37.2. The molecule has 3 amide bonds. The normalized spacial score (nSPS) is 11.7. The van der Waals surface area contributed by atoms with E-state index in [1.54, 1.807) is 78.9 Å². The van der Waals surface area contributed by atoms with E-state index in [1.807, 2.05) is 54.6 Å². The number of ether oxygens (including phenoxy) is 1. The van der Waals surface area contributed by atoms with Crippen molar-refractivity contribution in [3.8, 4) is 5.75 Å². The molecular weight excluding hydrogens is 653 g/mol. The van der Waals surface area contributed by atoms with Crippen LogP contribution in [0.1, 0.15) is 26.7 Å². The number of amides is 3. The van der Waals surface area contributed by atoms with Crippen LogP contribution < -0.4 is 20.7 Å². The van der Waals surface area contributed by atoms with Gasteiger partial charge in [-0.05, 0) is 72.3 Å². The molecule has 10 heteroatoms. The highest BCUT2D eigenvalue weighted by atomic mass is 35.5. The average Bonchev–Trinajstić information content (AvgIpc) is 3.10. The van der Waals surface area contributed by atoms with E-state index in [0.717, 1.165) is 10.5 Å². The lowest BCUT2D eigenvalue weighted by Crippen LogP contribution is -2.30. The Morgan fingerprint density at radius 3 is 2.04 bits per heavy atom. The predicted molar refractivity (Wildman–Crippen MR) is 190 cm³/mol. The zero-order chi connectivity index (χ0) is 33.2. The fraction of sp³-hybridized carbons (Fsp3) is 0.0541. The van der Waals surface area contributed by atoms with Crippen LogP contribution >= 0.6 is 35.0 Å². The second kappa shape index (κ2) is 16.0. The third-order valence-electron chi connectivity index (χ3n) is 6.86. The van der Waals surface area contributed by atoms with Crippen molar-refractivity contribution >= 4 is 70.1 Å². The van der Waals surface area contributed by atoms with Crippen molar-refractivity contribution in [2.24, 2.45) is 0 Å². The lowest BCUT2D eigenvalue weighted by molar-refractivity contribution is -0.116. The van der Waals surface area contributed by atoms with Gasteiger partial charge in [-0.1, -0.05) is 89.9 Å². The van der Waals surface area contributed by atoms with Gasteiger partial charge in [0, 0.05) is 27.4 Å². The van der Waals surface area contributed by atoms with E-state index in [9.17, 15) is 14.4 Å². The summed E-state index contributed by atoms with van der Waals surface area (Å²) in [4.78, 5) is 40.8. The van der Waals surface area contributed by atoms with Gasteiger partial charge in [0.05, 0.1) is 17.2 Å². The lowest BCUT2D eigenvalue weighted by Gasteiger charge is -2.18. The fourth-order valence-electron chi connectivity index (χ4n) is 4.52. The Kier molecular flexibility index (Phi) is 11.4. The molecule has 1 unspecified atom stereocenters. The van der Waals surface area contributed by atoms with Gasteiger partial charge >= 0.3 is 0 Å². The molecule has 0 fully saturated rings. The Bertz CT molecular complexity index is 1900. The first-order valence-corrected chi connectivity index (χ1v) is 16.0. The van der Waals surface area contributed by atoms with E-state index in [1.165, 1.54) is 18.9 Å². The number of nitrogens with one attached hydrogen (secondary N) is 3. The van der Waals surface area contributed by atoms with Gasteiger partial charge in [-0.3, -0.25) is 14.4 Å². The monoisotopic (exact) mass is 681 g/mol. The van der Waals surface area contributed by atoms with Gasteiger partial charge in [0.1, 0.15) is 16.7 Å². The van der Waals surface area contributed by atoms with Gasteiger partial charge in [0.25, 0.3) is 11.8 Å². The molecule has 47 heavy (non-hydrogen) atoms. The SMILES string of the molecule is COc1ccccc1/C=C(\NC(=O)c1ccccc1)C(=O)Nc1ccc(SC(C(=O)Nc2ccc(Cl)c(Cl)c2)c2ccccc2)cc1. The first-order chi connectivity index (χ1) is 22.8. The molecule has 1 atom stereocenters. The van der Waals surface area contributed by atoms with E-state index in [4.69, 9.17) is 27.9 Å². The van der Waals surface area contributed by atoms with Gasteiger partial charge in [-0.25, -0.2) is 0 Å². The smallest absolute Gasteiger partial charge is 0.272 e. The summed E-state index contributed by atoms with van der Waals surface area (Å²) >= 11 is 13.5. The fourth-order valence-corrected chi connectivity index (χ4v) is 5.84. The van der Waals surface area contributed by atoms with Crippen molar-refractivity contribution < 1.29 is 19.1 Å². The molecule has 7 nitrogen and oxygen atoms in total. The maximum atomic E-state index is 13.5. The summed E-state index contributed by atoms with van der Waals surface area (Å²) in [5.74, 6) is -0.648. The molecule has 0 aliphatic carbocycles. The predicted octanol–water partition coefficient (Wildman–Crippen LogP) is 8.88. The van der Waals surface area contributed by atoms with Gasteiger partial charge < -0.3 is 20.7 Å². The van der Waals surface area contributed by atoms with Crippen LogP contribution in [0, 0.1) is 0 Å². The number of hydrogen-bond acceptors (Lipinski definition) is 5. The molecule has 236 valence electrons. The Hall–Kier alpha value is -5.02. The highest BCUT2D eigenvalue weighted by Crippen LogP contribution is 2.37. The third kappa shape index (κ3) is 9.04. The zero-order valence-electron chi connectivity index (χ0n) is 25.1. The first-order valence-electron chi connectivity index (χ1n) is 14.4. The Labute approximate surface area is 287 Å². The number of carbonyl (C=O) groups is 3. The quantitative estimate of drug-likeness (QED) is 0.0956. The van der Waals surface area contributed by atoms with Crippen LogP contribution in [0.4, 0.5) is 11.4 Å². The molecule has 0 radical (unpaired) electrons. The van der Waals surface area contributed by atoms with Crippen LogP contribution in [0.2, 0.25) is 10.0 Å². The topological polar surface area (TPSA) is 96.5 Å². The molecule has 0 bridgehead atoms. The maximum absolute atomic E-state index is 13.5. The minimum absolute atomic E-state index is 0.0323. The average molecular weight is 683 g/mol. The zero-order valence-corrected chi connectivity index (χ0v) is 27.4. The lowest BCUT2D eigenvalue weighted by atomic mass is 10.1. The van der Waals surface area contributed by atoms with Crippen LogP contribution in [-0.4, -0.2) is 24.8 Å². The van der Waals surface area contributed by atoms with Crippen molar-refractivity contribution in [1.82, 2.24) is 5.32 Å². The van der Waals surface area contributed by atoms with Gasteiger partial charge in [0.15, 0.2) is 0 Å². The van der Waals surface area contributed by atoms with E-state index in [0.29, 0.717) is 38.3 Å². The van der Waals surface area contributed by atoms with Crippen LogP contribution in [0.15, 0.2) is 138 Å². The summed E-state index contributed by atoms with van der Waals surface area (Å²) < 4.78 is 5.44. The van der Waals surface area contributed by atoms with E-state index >= 15 is 0 Å². The van der Waals surface area contributed by atoms with Crippen molar-refractivity contribution in [2.45, 2.75) is 10.1 Å². The second-order valence-electron chi connectivity index (χ2n) is 10.1. The molecule has 0 aliphatic heterocycles. The molecule has 0 aromatic heterocycles. The Morgan fingerprint density at radius 1 is 0.723 bits per heavy atom. The highest BCUT2D eigenvalue weighted by molar-refractivity contribution is 8.00. The largest absolute Gasteiger partial charge is 0.496 e. The highest BCUT2D eigenvalue weighted by Gasteiger charge is 2.23. The number of methoxy groups -OCH3 is 1. The van der Waals surface area contributed by atoms with Gasteiger partial charge in [-0.2, -0.15) is 0 Å². The maximum Gasteiger partial charge on any atom is 0.272 e. The minimum Gasteiger partial charge on any atom is -0.496 e. The number of para-hydroxylation sites is 1. The number of benzene rings is 5. The van der Waals surface area contributed by atoms with Crippen molar-refractivity contribution in [1.29, 1.82) is 0 Å². The Morgan fingerprint density at radius 2 is 1.36 bits per heavy atom. The molecule has 0 saturated carbocycles. The Balaban J connectivity index is 1.34. The summed E-state index contributed by atoms with van der Waals surface area (Å²) in [7, 11) is 1.54. The molecule has 5 rings (SSSR count). The molecule has 0 spiro atoms. The summed E-state index contributed by atoms with van der Waals surface area (Å²) in [5.41, 5.74) is 2.89. The van der Waals surface area contributed by atoms with E-state index in [-0.39, 0.29) is 11.6 Å². The van der Waals surface area contributed by atoms with Crippen LogP contribution in [0.3, 0.4) is 0 Å². The molecular formula is C37H29Cl2N3O4S. The number of thioether (sulfide) groups is 1. The molecule has 0 heterocycles. The van der Waals surface area contributed by atoms with Crippen molar-refractivity contribution in [3.63, 3.8) is 0 Å². The molecule has 3 N–H and O–H groups in total. The van der Waals surface area contributed by atoms with Crippen molar-refractivity contribution in [2.75, 3.05) is 17.7 Å². The summed E-state index contributed by atoms with van der Waals surface area (Å²) in [5, 5.41) is 8.67. The van der Waals surface area contributed by atoms with Crippen LogP contribution in [0.25, 0.3) is 6.08 Å². The standard InChI is InChI=1S/C37H29Cl2N3O4S/c1-46-33-15-9-8-14-26(33)22-32(42-35(43)25-12-6-3-7-13-25)36(44)40-27-16-19-29(20-17-27)47-34(24-10-4-2-5-11-24)37(45)41-28-18-21-30(38)31(39)23-28/h2-23,34H,1H3,(H,40,44)(H,41,45)(H,42,43)/b32-22-. The van der Waals surface area contributed by atoms with Gasteiger partial charge in [-0.15, -0.1) is 11.8 Å². The summed E-state index contributed by atoms with van der Waals surface area (Å²) in [6.45, 7) is 0.